The van der Waals surface area contributed by atoms with Crippen molar-refractivity contribution in [3.63, 3.8) is 0 Å². The average Bonchev–Trinajstić information content (AvgIpc) is 2.34. The van der Waals surface area contributed by atoms with E-state index < -0.39 is 10.2 Å². The highest BCUT2D eigenvalue weighted by Gasteiger charge is 2.09. The highest BCUT2D eigenvalue weighted by molar-refractivity contribution is 7.87. The van der Waals surface area contributed by atoms with E-state index in [9.17, 15) is 8.42 Å². The number of aromatic nitrogens is 1. The van der Waals surface area contributed by atoms with Crippen LogP contribution in [0.3, 0.4) is 0 Å². The Balaban J connectivity index is 2.33. The van der Waals surface area contributed by atoms with Gasteiger partial charge in [-0.15, -0.1) is 0 Å². The van der Waals surface area contributed by atoms with Gasteiger partial charge in [-0.2, -0.15) is 18.4 Å². The number of rotatable bonds is 7. The summed E-state index contributed by atoms with van der Waals surface area (Å²) < 4.78 is 27.7. The monoisotopic (exact) mass is 283 g/mol. The minimum absolute atomic E-state index is 0.145. The summed E-state index contributed by atoms with van der Waals surface area (Å²) in [6.45, 7) is 4.18. The summed E-state index contributed by atoms with van der Waals surface area (Å²) in [4.78, 5) is 3.89. The standard InChI is InChI=1S/C11H17N5O2S/c1-9(2)16-19(17,18)15-6-5-13-11-4-3-10(7-12)14-8-11/h3-4,8-9,13,15-16H,5-6H2,1-2H3. The first-order chi connectivity index (χ1) is 8.93. The molecule has 1 aromatic heterocycles. The number of hydrogen-bond donors (Lipinski definition) is 3. The molecule has 19 heavy (non-hydrogen) atoms. The van der Waals surface area contributed by atoms with Crippen LogP contribution in [0, 0.1) is 11.3 Å². The topological polar surface area (TPSA) is 107 Å². The molecular formula is C11H17N5O2S. The molecule has 0 saturated heterocycles. The van der Waals surface area contributed by atoms with Crippen molar-refractivity contribution < 1.29 is 8.42 Å². The zero-order valence-electron chi connectivity index (χ0n) is 10.8. The number of anilines is 1. The molecule has 3 N–H and O–H groups in total. The van der Waals surface area contributed by atoms with Crippen LogP contribution in [0.4, 0.5) is 5.69 Å². The van der Waals surface area contributed by atoms with Gasteiger partial charge in [-0.1, -0.05) is 0 Å². The zero-order chi connectivity index (χ0) is 14.3. The van der Waals surface area contributed by atoms with Gasteiger partial charge in [-0.25, -0.2) is 9.71 Å². The highest BCUT2D eigenvalue weighted by Crippen LogP contribution is 2.04. The quantitative estimate of drug-likeness (QED) is 0.620. The lowest BCUT2D eigenvalue weighted by molar-refractivity contribution is 0.556. The van der Waals surface area contributed by atoms with E-state index >= 15 is 0 Å². The lowest BCUT2D eigenvalue weighted by Gasteiger charge is -2.11. The second-order valence-corrected chi connectivity index (χ2v) is 5.67. The third-order valence-electron chi connectivity index (χ3n) is 2.02. The fourth-order valence-electron chi connectivity index (χ4n) is 1.31. The van der Waals surface area contributed by atoms with Crippen molar-refractivity contribution >= 4 is 15.9 Å². The second-order valence-electron chi connectivity index (χ2n) is 4.14. The Morgan fingerprint density at radius 3 is 2.63 bits per heavy atom. The highest BCUT2D eigenvalue weighted by atomic mass is 32.2. The first kappa shape index (κ1) is 15.4. The SMILES string of the molecule is CC(C)NS(=O)(=O)NCCNc1ccc(C#N)nc1. The van der Waals surface area contributed by atoms with Gasteiger partial charge >= 0.3 is 0 Å². The lowest BCUT2D eigenvalue weighted by Crippen LogP contribution is -2.41. The van der Waals surface area contributed by atoms with Gasteiger partial charge in [0.15, 0.2) is 0 Å². The summed E-state index contributed by atoms with van der Waals surface area (Å²) in [5.74, 6) is 0. The summed E-state index contributed by atoms with van der Waals surface area (Å²) in [6.07, 6.45) is 1.53. The molecule has 0 radical (unpaired) electrons. The van der Waals surface area contributed by atoms with Crippen LogP contribution in [0.1, 0.15) is 19.5 Å². The van der Waals surface area contributed by atoms with Gasteiger partial charge in [0.1, 0.15) is 11.8 Å². The molecule has 0 spiro atoms. The Morgan fingerprint density at radius 1 is 1.37 bits per heavy atom. The number of nitrogens with one attached hydrogen (secondary N) is 3. The second kappa shape index (κ2) is 7.04. The lowest BCUT2D eigenvalue weighted by atomic mass is 10.3. The van der Waals surface area contributed by atoms with Crippen molar-refractivity contribution in [3.8, 4) is 6.07 Å². The minimum Gasteiger partial charge on any atom is -0.382 e. The van der Waals surface area contributed by atoms with Gasteiger partial charge in [0, 0.05) is 19.1 Å². The Bertz CT molecular complexity index is 533. The summed E-state index contributed by atoms with van der Waals surface area (Å²) in [5, 5.41) is 11.6. The molecule has 0 amide bonds. The first-order valence-corrected chi connectivity index (χ1v) is 7.28. The van der Waals surface area contributed by atoms with Gasteiger partial charge < -0.3 is 5.32 Å². The third-order valence-corrected chi connectivity index (χ3v) is 3.38. The molecule has 0 aliphatic carbocycles. The van der Waals surface area contributed by atoms with Crippen LogP contribution in [0.25, 0.3) is 0 Å². The van der Waals surface area contributed by atoms with E-state index in [1.54, 1.807) is 26.0 Å². The maximum absolute atomic E-state index is 11.4. The number of nitrogens with zero attached hydrogens (tertiary/aromatic N) is 2. The van der Waals surface area contributed by atoms with E-state index in [1.807, 2.05) is 6.07 Å². The molecule has 7 nitrogen and oxygen atoms in total. The maximum Gasteiger partial charge on any atom is 0.277 e. The fraction of sp³-hybridized carbons (Fsp3) is 0.455. The summed E-state index contributed by atoms with van der Waals surface area (Å²) in [5.41, 5.74) is 1.07. The van der Waals surface area contributed by atoms with Crippen LogP contribution in [0.2, 0.25) is 0 Å². The normalized spacial score (nSPS) is 11.3. The average molecular weight is 283 g/mol. The van der Waals surface area contributed by atoms with Gasteiger partial charge in [0.05, 0.1) is 11.9 Å². The molecule has 1 rings (SSSR count). The van der Waals surface area contributed by atoms with Gasteiger partial charge in [-0.3, -0.25) is 0 Å². The van der Waals surface area contributed by atoms with Crippen LogP contribution < -0.4 is 14.8 Å². The molecule has 0 unspecified atom stereocenters. The predicted molar refractivity (Wildman–Crippen MR) is 72.6 cm³/mol. The Kier molecular flexibility index (Phi) is 5.69. The molecule has 0 saturated carbocycles. The molecule has 0 atom stereocenters. The molecule has 0 aliphatic rings. The van der Waals surface area contributed by atoms with Crippen LogP contribution in [-0.2, 0) is 10.2 Å². The Hall–Kier alpha value is -1.69. The van der Waals surface area contributed by atoms with Gasteiger partial charge in [-0.05, 0) is 26.0 Å². The van der Waals surface area contributed by atoms with E-state index in [-0.39, 0.29) is 12.6 Å². The predicted octanol–water partition coefficient (Wildman–Crippen LogP) is 0.198. The maximum atomic E-state index is 11.4. The molecule has 104 valence electrons. The largest absolute Gasteiger partial charge is 0.382 e. The molecule has 0 aliphatic heterocycles. The van der Waals surface area contributed by atoms with Crippen molar-refractivity contribution in [1.82, 2.24) is 14.4 Å². The molecule has 1 heterocycles. The van der Waals surface area contributed by atoms with Crippen molar-refractivity contribution in [2.45, 2.75) is 19.9 Å². The van der Waals surface area contributed by atoms with Crippen LogP contribution >= 0.6 is 0 Å². The van der Waals surface area contributed by atoms with Crippen LogP contribution in [-0.4, -0.2) is 32.5 Å². The fourth-order valence-corrected chi connectivity index (χ4v) is 2.38. The third kappa shape index (κ3) is 6.15. The summed E-state index contributed by atoms with van der Waals surface area (Å²) in [6, 6.07) is 5.08. The molecule has 0 fully saturated rings. The van der Waals surface area contributed by atoms with Crippen LogP contribution in [0.15, 0.2) is 18.3 Å². The Labute approximate surface area is 113 Å². The van der Waals surface area contributed by atoms with Crippen molar-refractivity contribution in [1.29, 1.82) is 5.26 Å². The molecule has 0 bridgehead atoms. The van der Waals surface area contributed by atoms with E-state index in [4.69, 9.17) is 5.26 Å². The number of pyridine rings is 1. The van der Waals surface area contributed by atoms with Crippen LogP contribution in [0.5, 0.6) is 0 Å². The van der Waals surface area contributed by atoms with Gasteiger partial charge in [0.25, 0.3) is 10.2 Å². The van der Waals surface area contributed by atoms with Gasteiger partial charge in [0.2, 0.25) is 0 Å². The number of hydrogen-bond acceptors (Lipinski definition) is 5. The van der Waals surface area contributed by atoms with E-state index in [0.717, 1.165) is 5.69 Å². The summed E-state index contributed by atoms with van der Waals surface area (Å²) >= 11 is 0. The van der Waals surface area contributed by atoms with Crippen molar-refractivity contribution in [2.75, 3.05) is 18.4 Å². The molecule has 0 aromatic carbocycles. The summed E-state index contributed by atoms with van der Waals surface area (Å²) in [7, 11) is -3.44. The van der Waals surface area contributed by atoms with Crippen molar-refractivity contribution in [2.24, 2.45) is 0 Å². The van der Waals surface area contributed by atoms with E-state index in [0.29, 0.717) is 12.2 Å². The first-order valence-electron chi connectivity index (χ1n) is 5.80. The molecule has 1 aromatic rings. The molecular weight excluding hydrogens is 266 g/mol. The van der Waals surface area contributed by atoms with E-state index in [1.165, 1.54) is 6.20 Å². The van der Waals surface area contributed by atoms with Crippen molar-refractivity contribution in [3.05, 3.63) is 24.0 Å². The smallest absolute Gasteiger partial charge is 0.277 e. The Morgan fingerprint density at radius 2 is 2.11 bits per heavy atom. The van der Waals surface area contributed by atoms with E-state index in [2.05, 4.69) is 19.7 Å². The zero-order valence-corrected chi connectivity index (χ0v) is 11.7. The molecule has 8 heteroatoms. The number of nitriles is 1. The minimum atomic E-state index is -3.44.